The van der Waals surface area contributed by atoms with E-state index >= 15 is 0 Å². The van der Waals surface area contributed by atoms with Gasteiger partial charge in [0.1, 0.15) is 0 Å². The molecule has 0 fully saturated rings. The summed E-state index contributed by atoms with van der Waals surface area (Å²) >= 11 is 0. The summed E-state index contributed by atoms with van der Waals surface area (Å²) < 4.78 is 0. The third kappa shape index (κ3) is 6.47. The van der Waals surface area contributed by atoms with Gasteiger partial charge in [0.25, 0.3) is 0 Å². The van der Waals surface area contributed by atoms with E-state index in [-0.39, 0.29) is 0 Å². The van der Waals surface area contributed by atoms with E-state index in [1.54, 1.807) is 22.3 Å². The van der Waals surface area contributed by atoms with Crippen molar-refractivity contribution in [1.82, 2.24) is 0 Å². The van der Waals surface area contributed by atoms with Crippen molar-refractivity contribution in [3.05, 3.63) is 58.1 Å². The number of fused-ring (bicyclic) bond motifs is 3. The topological polar surface area (TPSA) is 0 Å². The molecule has 169 valence electrons. The van der Waals surface area contributed by atoms with Crippen LogP contribution < -0.4 is 0 Å². The third-order valence-corrected chi connectivity index (χ3v) is 7.13. The lowest BCUT2D eigenvalue weighted by Gasteiger charge is -2.20. The first kappa shape index (κ1) is 24.1. The van der Waals surface area contributed by atoms with Crippen molar-refractivity contribution in [3.8, 4) is 11.1 Å². The molecule has 1 aliphatic rings. The summed E-state index contributed by atoms with van der Waals surface area (Å²) in [4.78, 5) is 0. The molecule has 0 bridgehead atoms. The van der Waals surface area contributed by atoms with Crippen molar-refractivity contribution in [2.24, 2.45) is 0 Å². The van der Waals surface area contributed by atoms with Gasteiger partial charge in [-0.25, -0.2) is 0 Å². The van der Waals surface area contributed by atoms with E-state index in [4.69, 9.17) is 0 Å². The molecule has 0 atom stereocenters. The molecule has 0 heteroatoms. The van der Waals surface area contributed by atoms with Gasteiger partial charge in [0.15, 0.2) is 0 Å². The van der Waals surface area contributed by atoms with Gasteiger partial charge in [-0.2, -0.15) is 0 Å². The Morgan fingerprint density at radius 1 is 0.645 bits per heavy atom. The van der Waals surface area contributed by atoms with Crippen LogP contribution in [0.3, 0.4) is 0 Å². The predicted molar refractivity (Wildman–Crippen MR) is 137 cm³/mol. The fraction of sp³-hybridized carbons (Fsp3) is 0.613. The van der Waals surface area contributed by atoms with E-state index in [0.717, 1.165) is 6.42 Å². The van der Waals surface area contributed by atoms with Crippen LogP contribution in [0.1, 0.15) is 126 Å². The highest BCUT2D eigenvalue weighted by molar-refractivity contribution is 5.81. The van der Waals surface area contributed by atoms with Crippen molar-refractivity contribution in [3.63, 3.8) is 0 Å². The van der Waals surface area contributed by atoms with Crippen LogP contribution >= 0.6 is 0 Å². The smallest absolute Gasteiger partial charge is 0.000707 e. The minimum atomic E-state index is 1.09. The zero-order chi connectivity index (χ0) is 21.9. The zero-order valence-electron chi connectivity index (χ0n) is 20.6. The molecule has 1 aliphatic carbocycles. The number of benzene rings is 2. The second-order valence-electron chi connectivity index (χ2n) is 9.68. The van der Waals surface area contributed by atoms with Crippen molar-refractivity contribution in [2.75, 3.05) is 0 Å². The Balaban J connectivity index is 1.95. The van der Waals surface area contributed by atoms with Crippen LogP contribution in [-0.2, 0) is 25.7 Å². The largest absolute Gasteiger partial charge is 0.0654 e. The summed E-state index contributed by atoms with van der Waals surface area (Å²) in [5, 5.41) is 0. The summed E-state index contributed by atoms with van der Waals surface area (Å²) in [5.41, 5.74) is 11.1. The van der Waals surface area contributed by atoms with E-state index in [1.165, 1.54) is 113 Å². The maximum Gasteiger partial charge on any atom is -0.000707 e. The normalized spacial score (nSPS) is 12.2. The van der Waals surface area contributed by atoms with E-state index in [1.807, 2.05) is 0 Å². The second kappa shape index (κ2) is 13.1. The van der Waals surface area contributed by atoms with E-state index in [9.17, 15) is 0 Å². The molecule has 1 radical (unpaired) electrons. The maximum atomic E-state index is 4.00. The highest BCUT2D eigenvalue weighted by Crippen LogP contribution is 2.42. The van der Waals surface area contributed by atoms with Crippen LogP contribution in [0.2, 0.25) is 0 Å². The Morgan fingerprint density at radius 3 is 1.87 bits per heavy atom. The first-order valence-electron chi connectivity index (χ1n) is 13.5. The molecule has 0 spiro atoms. The average Bonchev–Trinajstić information content (AvgIpc) is 3.16. The molecule has 2 aromatic carbocycles. The maximum absolute atomic E-state index is 4.00. The predicted octanol–water partition coefficient (Wildman–Crippen LogP) is 9.43. The molecule has 0 heterocycles. The van der Waals surface area contributed by atoms with Crippen LogP contribution in [0.15, 0.2) is 24.3 Å². The fourth-order valence-electron chi connectivity index (χ4n) is 5.38. The highest BCUT2D eigenvalue weighted by Gasteiger charge is 2.25. The summed E-state index contributed by atoms with van der Waals surface area (Å²) in [6.07, 6.45) is 21.0. The molecular formula is C31H45. The molecule has 31 heavy (non-hydrogen) atoms. The van der Waals surface area contributed by atoms with Gasteiger partial charge in [-0.15, -0.1) is 0 Å². The van der Waals surface area contributed by atoms with Gasteiger partial charge in [0.2, 0.25) is 0 Å². The number of unbranched alkanes of at least 4 members (excludes halogenated alkanes) is 9. The van der Waals surface area contributed by atoms with Gasteiger partial charge in [-0.3, -0.25) is 0 Å². The molecule has 3 rings (SSSR count). The van der Waals surface area contributed by atoms with E-state index in [0.29, 0.717) is 0 Å². The standard InChI is InChI=1S/C31H45/c1-4-7-10-13-18-25-23-27-24-26-19-16-17-21-29(26)31(27)30(22-15-12-9-6-3)28(25)20-14-11-8-5-2/h16-17,19,21H,4-15,18,20,22,24H2,1-3H3. The van der Waals surface area contributed by atoms with Crippen LogP contribution in [0.4, 0.5) is 0 Å². The van der Waals surface area contributed by atoms with Crippen molar-refractivity contribution < 1.29 is 0 Å². The van der Waals surface area contributed by atoms with E-state index < -0.39 is 0 Å². The summed E-state index contributed by atoms with van der Waals surface area (Å²) in [7, 11) is 0. The Hall–Kier alpha value is -1.56. The Kier molecular flexibility index (Phi) is 10.2. The first-order chi connectivity index (χ1) is 15.3. The molecular weight excluding hydrogens is 372 g/mol. The first-order valence-corrected chi connectivity index (χ1v) is 13.5. The molecule has 0 unspecified atom stereocenters. The second-order valence-corrected chi connectivity index (χ2v) is 9.68. The van der Waals surface area contributed by atoms with E-state index in [2.05, 4.69) is 51.1 Å². The monoisotopic (exact) mass is 417 g/mol. The Labute approximate surface area is 192 Å². The molecule has 2 aromatic rings. The van der Waals surface area contributed by atoms with Crippen LogP contribution in [0.5, 0.6) is 0 Å². The third-order valence-electron chi connectivity index (χ3n) is 7.13. The average molecular weight is 418 g/mol. The summed E-state index contributed by atoms with van der Waals surface area (Å²) in [5.74, 6) is 0. The minimum absolute atomic E-state index is 1.09. The molecule has 0 amide bonds. The number of hydrogen-bond donors (Lipinski definition) is 0. The lowest BCUT2D eigenvalue weighted by atomic mass is 9.84. The lowest BCUT2D eigenvalue weighted by Crippen LogP contribution is -2.06. The van der Waals surface area contributed by atoms with Crippen molar-refractivity contribution in [2.45, 2.75) is 124 Å². The Bertz CT molecular complexity index is 798. The van der Waals surface area contributed by atoms with Crippen molar-refractivity contribution >= 4 is 0 Å². The van der Waals surface area contributed by atoms with Gasteiger partial charge < -0.3 is 0 Å². The lowest BCUT2D eigenvalue weighted by molar-refractivity contribution is 0.639. The SMILES string of the molecule is CCCCCCc1[c]c2c(c(CCCCCC)c1CCCCCC)-c1ccccc1C2. The summed E-state index contributed by atoms with van der Waals surface area (Å²) in [6.45, 7) is 6.95. The minimum Gasteiger partial charge on any atom is -0.0654 e. The van der Waals surface area contributed by atoms with Crippen LogP contribution in [-0.4, -0.2) is 0 Å². The molecule has 0 saturated heterocycles. The highest BCUT2D eigenvalue weighted by atomic mass is 14.3. The number of hydrogen-bond acceptors (Lipinski definition) is 0. The molecule has 0 saturated carbocycles. The molecule has 0 N–H and O–H groups in total. The zero-order valence-corrected chi connectivity index (χ0v) is 20.6. The van der Waals surface area contributed by atoms with Gasteiger partial charge >= 0.3 is 0 Å². The molecule has 0 nitrogen and oxygen atoms in total. The number of rotatable bonds is 15. The van der Waals surface area contributed by atoms with Crippen molar-refractivity contribution in [1.29, 1.82) is 0 Å². The van der Waals surface area contributed by atoms with Crippen LogP contribution in [0, 0.1) is 6.07 Å². The van der Waals surface area contributed by atoms with Gasteiger partial charge in [0.05, 0.1) is 0 Å². The van der Waals surface area contributed by atoms with Crippen LogP contribution in [0.25, 0.3) is 11.1 Å². The number of aryl methyl sites for hydroxylation is 1. The van der Waals surface area contributed by atoms with Gasteiger partial charge in [-0.05, 0) is 90.0 Å². The molecule has 0 aromatic heterocycles. The fourth-order valence-corrected chi connectivity index (χ4v) is 5.38. The Morgan fingerprint density at radius 2 is 1.23 bits per heavy atom. The van der Waals surface area contributed by atoms with Gasteiger partial charge in [-0.1, -0.05) is 103 Å². The quantitative estimate of drug-likeness (QED) is 0.216. The summed E-state index contributed by atoms with van der Waals surface area (Å²) in [6, 6.07) is 13.1. The van der Waals surface area contributed by atoms with Gasteiger partial charge in [0, 0.05) is 0 Å². The molecule has 0 aliphatic heterocycles.